The van der Waals surface area contributed by atoms with Crippen molar-refractivity contribution in [1.82, 2.24) is 9.88 Å². The van der Waals surface area contributed by atoms with Crippen LogP contribution in [-0.2, 0) is 9.59 Å². The predicted molar refractivity (Wildman–Crippen MR) is 108 cm³/mol. The number of carbonyl (C=O) groups is 2. The molecule has 1 aliphatic rings. The van der Waals surface area contributed by atoms with Crippen LogP contribution in [-0.4, -0.2) is 37.5 Å². The number of thioether (sulfide) groups is 1. The Kier molecular flexibility index (Phi) is 5.94. The van der Waals surface area contributed by atoms with E-state index in [0.29, 0.717) is 19.9 Å². The Morgan fingerprint density at radius 1 is 1.37 bits per heavy atom. The van der Waals surface area contributed by atoms with E-state index in [2.05, 4.69) is 10.3 Å². The topological polar surface area (TPSA) is 105 Å². The number of anilines is 1. The maximum atomic E-state index is 12.5. The minimum Gasteiger partial charge on any atom is -0.302 e. The van der Waals surface area contributed by atoms with Crippen molar-refractivity contribution in [2.75, 3.05) is 11.9 Å². The summed E-state index contributed by atoms with van der Waals surface area (Å²) in [5, 5.41) is 15.6. The number of non-ortho nitro benzene ring substituents is 1. The Balaban J connectivity index is 1.62. The molecule has 0 radical (unpaired) electrons. The van der Waals surface area contributed by atoms with Gasteiger partial charge in [-0.15, -0.1) is 11.3 Å². The van der Waals surface area contributed by atoms with Gasteiger partial charge in [-0.1, -0.05) is 24.0 Å². The summed E-state index contributed by atoms with van der Waals surface area (Å²) in [6, 6.07) is 5.86. The van der Waals surface area contributed by atoms with E-state index in [0.717, 1.165) is 11.8 Å². The fourth-order valence-electron chi connectivity index (χ4n) is 2.22. The maximum absolute atomic E-state index is 12.5. The van der Waals surface area contributed by atoms with Gasteiger partial charge in [0, 0.05) is 36.7 Å². The van der Waals surface area contributed by atoms with Gasteiger partial charge < -0.3 is 5.32 Å². The molecule has 8 nitrogen and oxygen atoms in total. The summed E-state index contributed by atoms with van der Waals surface area (Å²) in [6.45, 7) is 0.166. The summed E-state index contributed by atoms with van der Waals surface area (Å²) in [4.78, 5) is 40.4. The Hall–Kier alpha value is -2.63. The number of benzene rings is 1. The first kappa shape index (κ1) is 19.1. The number of rotatable bonds is 6. The van der Waals surface area contributed by atoms with Crippen LogP contribution in [0.4, 0.5) is 10.8 Å². The number of amides is 2. The Bertz CT molecular complexity index is 926. The van der Waals surface area contributed by atoms with Crippen LogP contribution >= 0.6 is 35.3 Å². The van der Waals surface area contributed by atoms with E-state index < -0.39 is 4.92 Å². The molecule has 2 aromatic rings. The minimum absolute atomic E-state index is 0.0223. The average Bonchev–Trinajstić information content (AvgIpc) is 3.22. The van der Waals surface area contributed by atoms with Gasteiger partial charge >= 0.3 is 0 Å². The molecule has 138 valence electrons. The molecule has 1 saturated heterocycles. The molecule has 0 bridgehead atoms. The van der Waals surface area contributed by atoms with Crippen molar-refractivity contribution in [2.24, 2.45) is 0 Å². The summed E-state index contributed by atoms with van der Waals surface area (Å²) < 4.78 is 0.371. The standard InChI is InChI=1S/C16H12N4O4S3/c21-13(18-15-17-6-8-26-15)5-7-19-14(22)12(27-16(19)25)9-10-1-3-11(4-2-10)20(23)24/h1-4,6,8-9H,5,7H2,(H,17,18,21)/b12-9-. The van der Waals surface area contributed by atoms with Crippen molar-refractivity contribution >= 4 is 68.3 Å². The van der Waals surface area contributed by atoms with Gasteiger partial charge in [-0.3, -0.25) is 24.6 Å². The van der Waals surface area contributed by atoms with Crippen LogP contribution in [0.5, 0.6) is 0 Å². The first-order valence-corrected chi connectivity index (χ1v) is 9.73. The van der Waals surface area contributed by atoms with Crippen molar-refractivity contribution in [3.05, 3.63) is 56.4 Å². The fraction of sp³-hybridized carbons (Fsp3) is 0.125. The molecule has 1 aromatic heterocycles. The number of thiocarbonyl (C=S) groups is 1. The number of nitro benzene ring substituents is 1. The monoisotopic (exact) mass is 420 g/mol. The number of hydrogen-bond donors (Lipinski definition) is 1. The zero-order chi connectivity index (χ0) is 19.4. The summed E-state index contributed by atoms with van der Waals surface area (Å²) in [5.74, 6) is -0.538. The largest absolute Gasteiger partial charge is 0.302 e. The maximum Gasteiger partial charge on any atom is 0.269 e. The summed E-state index contributed by atoms with van der Waals surface area (Å²) >= 11 is 7.68. The van der Waals surface area contributed by atoms with E-state index in [1.807, 2.05) is 0 Å². The number of carbonyl (C=O) groups excluding carboxylic acids is 2. The molecule has 27 heavy (non-hydrogen) atoms. The molecule has 0 aliphatic carbocycles. The minimum atomic E-state index is -0.486. The Morgan fingerprint density at radius 3 is 2.74 bits per heavy atom. The third-order valence-corrected chi connectivity index (χ3v) is 5.58. The van der Waals surface area contributed by atoms with Gasteiger partial charge in [0.15, 0.2) is 5.13 Å². The lowest BCUT2D eigenvalue weighted by Crippen LogP contribution is -2.31. The molecular weight excluding hydrogens is 408 g/mol. The van der Waals surface area contributed by atoms with Gasteiger partial charge in [0.1, 0.15) is 4.32 Å². The summed E-state index contributed by atoms with van der Waals surface area (Å²) in [5.41, 5.74) is 0.633. The molecule has 0 saturated carbocycles. The molecule has 1 fully saturated rings. The van der Waals surface area contributed by atoms with Gasteiger partial charge in [0.25, 0.3) is 11.6 Å². The fourth-order valence-corrected chi connectivity index (χ4v) is 4.07. The van der Waals surface area contributed by atoms with Crippen molar-refractivity contribution in [1.29, 1.82) is 0 Å². The SMILES string of the molecule is O=C(CCN1C(=O)/C(=C/c2ccc([N+](=O)[O-])cc2)SC1=S)Nc1nccs1. The van der Waals surface area contributed by atoms with Crippen LogP contribution < -0.4 is 5.32 Å². The van der Waals surface area contributed by atoms with Gasteiger partial charge in [-0.2, -0.15) is 0 Å². The van der Waals surface area contributed by atoms with Crippen LogP contribution in [0.25, 0.3) is 6.08 Å². The van der Waals surface area contributed by atoms with Crippen molar-refractivity contribution in [3.8, 4) is 0 Å². The number of nitrogens with one attached hydrogen (secondary N) is 1. The lowest BCUT2D eigenvalue weighted by molar-refractivity contribution is -0.384. The van der Waals surface area contributed by atoms with E-state index in [1.165, 1.54) is 28.4 Å². The quantitative estimate of drug-likeness (QED) is 0.331. The molecular formula is C16H12N4O4S3. The van der Waals surface area contributed by atoms with Gasteiger partial charge in [0.2, 0.25) is 5.91 Å². The van der Waals surface area contributed by atoms with Gasteiger partial charge in [0.05, 0.1) is 9.83 Å². The van der Waals surface area contributed by atoms with Crippen LogP contribution in [0, 0.1) is 10.1 Å². The summed E-state index contributed by atoms with van der Waals surface area (Å²) in [7, 11) is 0. The second-order valence-corrected chi connectivity index (χ2v) is 7.89. The Morgan fingerprint density at radius 2 is 2.11 bits per heavy atom. The highest BCUT2D eigenvalue weighted by molar-refractivity contribution is 8.26. The average molecular weight is 420 g/mol. The third kappa shape index (κ3) is 4.76. The number of thiazole rings is 1. The van der Waals surface area contributed by atoms with Crippen LogP contribution in [0.1, 0.15) is 12.0 Å². The summed E-state index contributed by atoms with van der Waals surface area (Å²) in [6.07, 6.45) is 3.31. The molecule has 11 heteroatoms. The van der Waals surface area contributed by atoms with Crippen molar-refractivity contribution in [3.63, 3.8) is 0 Å². The molecule has 3 rings (SSSR count). The molecule has 1 aromatic carbocycles. The van der Waals surface area contributed by atoms with Gasteiger partial charge in [-0.25, -0.2) is 4.98 Å². The highest BCUT2D eigenvalue weighted by Crippen LogP contribution is 2.32. The molecule has 0 atom stereocenters. The number of nitrogens with zero attached hydrogens (tertiary/aromatic N) is 3. The van der Waals surface area contributed by atoms with Crippen LogP contribution in [0.15, 0.2) is 40.7 Å². The highest BCUT2D eigenvalue weighted by atomic mass is 32.2. The zero-order valence-electron chi connectivity index (χ0n) is 13.7. The van der Waals surface area contributed by atoms with Crippen molar-refractivity contribution in [2.45, 2.75) is 6.42 Å². The van der Waals surface area contributed by atoms with E-state index in [1.54, 1.807) is 29.8 Å². The molecule has 0 unspecified atom stereocenters. The lowest BCUT2D eigenvalue weighted by Gasteiger charge is -2.13. The molecule has 0 spiro atoms. The molecule has 1 aliphatic heterocycles. The number of aromatic nitrogens is 1. The molecule has 2 heterocycles. The predicted octanol–water partition coefficient (Wildman–Crippen LogP) is 3.28. The first-order valence-electron chi connectivity index (χ1n) is 7.63. The van der Waals surface area contributed by atoms with Gasteiger partial charge in [-0.05, 0) is 23.8 Å². The van der Waals surface area contributed by atoms with Crippen LogP contribution in [0.2, 0.25) is 0 Å². The van der Waals surface area contributed by atoms with E-state index in [4.69, 9.17) is 12.2 Å². The van der Waals surface area contributed by atoms with E-state index in [-0.39, 0.29) is 30.5 Å². The number of hydrogen-bond acceptors (Lipinski definition) is 8. The first-order chi connectivity index (χ1) is 12.9. The zero-order valence-corrected chi connectivity index (χ0v) is 16.1. The lowest BCUT2D eigenvalue weighted by atomic mass is 10.2. The molecule has 1 N–H and O–H groups in total. The number of nitro groups is 1. The van der Waals surface area contributed by atoms with Crippen LogP contribution in [0.3, 0.4) is 0 Å². The molecule has 2 amide bonds. The normalized spacial score (nSPS) is 15.4. The Labute approximate surface area is 167 Å². The second-order valence-electron chi connectivity index (χ2n) is 5.32. The second kappa shape index (κ2) is 8.37. The smallest absolute Gasteiger partial charge is 0.269 e. The van der Waals surface area contributed by atoms with Crippen molar-refractivity contribution < 1.29 is 14.5 Å². The third-order valence-electron chi connectivity index (χ3n) is 3.52. The highest BCUT2D eigenvalue weighted by Gasteiger charge is 2.32. The van der Waals surface area contributed by atoms with E-state index in [9.17, 15) is 19.7 Å². The van der Waals surface area contributed by atoms with E-state index >= 15 is 0 Å².